The molecule has 0 fully saturated rings. The maximum atomic E-state index is 13.3. The second-order valence-electron chi connectivity index (χ2n) is 4.88. The number of hydrogen-bond acceptors (Lipinski definition) is 2. The maximum absolute atomic E-state index is 13.3. The minimum atomic E-state index is -0.165. The van der Waals surface area contributed by atoms with Crippen molar-refractivity contribution in [2.75, 3.05) is 7.05 Å². The first-order valence-electron chi connectivity index (χ1n) is 6.63. The molecule has 1 heterocycles. The number of rotatable bonds is 6. The highest BCUT2D eigenvalue weighted by atomic mass is 19.1. The standard InChI is InChI=1S/C16H20FNO/c1-12-5-6-14(17)10-13(12)11-15(18-2)7-8-16-4-3-9-19-16/h3-6,9-10,15,18H,7-8,11H2,1-2H3. The average molecular weight is 261 g/mol. The molecule has 2 rings (SSSR count). The lowest BCUT2D eigenvalue weighted by Crippen LogP contribution is -2.28. The summed E-state index contributed by atoms with van der Waals surface area (Å²) in [6, 6.07) is 9.19. The van der Waals surface area contributed by atoms with Crippen LogP contribution >= 0.6 is 0 Å². The Morgan fingerprint density at radius 3 is 2.84 bits per heavy atom. The normalized spacial score (nSPS) is 12.6. The Bertz CT molecular complexity index is 507. The van der Waals surface area contributed by atoms with E-state index in [1.165, 1.54) is 6.07 Å². The molecule has 0 aliphatic heterocycles. The van der Waals surface area contributed by atoms with Crippen LogP contribution in [-0.4, -0.2) is 13.1 Å². The van der Waals surface area contributed by atoms with Crippen molar-refractivity contribution in [2.24, 2.45) is 0 Å². The fraction of sp³-hybridized carbons (Fsp3) is 0.375. The summed E-state index contributed by atoms with van der Waals surface area (Å²) >= 11 is 0. The zero-order valence-corrected chi connectivity index (χ0v) is 11.4. The highest BCUT2D eigenvalue weighted by molar-refractivity contribution is 5.27. The van der Waals surface area contributed by atoms with Gasteiger partial charge in [0.1, 0.15) is 11.6 Å². The highest BCUT2D eigenvalue weighted by Gasteiger charge is 2.11. The number of likely N-dealkylation sites (N-methyl/N-ethyl adjacent to an activating group) is 1. The number of furan rings is 1. The lowest BCUT2D eigenvalue weighted by molar-refractivity contribution is 0.459. The Balaban J connectivity index is 1.96. The summed E-state index contributed by atoms with van der Waals surface area (Å²) < 4.78 is 18.6. The average Bonchev–Trinajstić information content (AvgIpc) is 2.91. The number of hydrogen-bond donors (Lipinski definition) is 1. The Hall–Kier alpha value is -1.61. The van der Waals surface area contributed by atoms with E-state index in [9.17, 15) is 4.39 Å². The van der Waals surface area contributed by atoms with Crippen LogP contribution in [0.15, 0.2) is 41.0 Å². The summed E-state index contributed by atoms with van der Waals surface area (Å²) in [6.45, 7) is 2.02. The van der Waals surface area contributed by atoms with Crippen LogP contribution in [0, 0.1) is 12.7 Å². The van der Waals surface area contributed by atoms with Gasteiger partial charge < -0.3 is 9.73 Å². The lowest BCUT2D eigenvalue weighted by atomic mass is 9.98. The van der Waals surface area contributed by atoms with Crippen LogP contribution in [0.3, 0.4) is 0 Å². The van der Waals surface area contributed by atoms with Gasteiger partial charge in [-0.25, -0.2) is 4.39 Å². The van der Waals surface area contributed by atoms with Crippen molar-refractivity contribution < 1.29 is 8.81 Å². The van der Waals surface area contributed by atoms with Crippen molar-refractivity contribution >= 4 is 0 Å². The summed E-state index contributed by atoms with van der Waals surface area (Å²) in [5, 5.41) is 3.30. The number of aryl methyl sites for hydroxylation is 2. The van der Waals surface area contributed by atoms with Crippen LogP contribution < -0.4 is 5.32 Å². The molecule has 0 radical (unpaired) electrons. The third kappa shape index (κ3) is 3.93. The molecule has 0 saturated heterocycles. The number of halogens is 1. The van der Waals surface area contributed by atoms with Crippen molar-refractivity contribution in [3.8, 4) is 0 Å². The molecule has 2 nitrogen and oxygen atoms in total. The van der Waals surface area contributed by atoms with Crippen LogP contribution in [0.25, 0.3) is 0 Å². The molecular formula is C16H20FNO. The molecule has 0 aliphatic rings. The Labute approximate surface area is 113 Å². The smallest absolute Gasteiger partial charge is 0.123 e. The van der Waals surface area contributed by atoms with Gasteiger partial charge >= 0.3 is 0 Å². The zero-order valence-electron chi connectivity index (χ0n) is 11.4. The van der Waals surface area contributed by atoms with Crippen LogP contribution in [0.5, 0.6) is 0 Å². The van der Waals surface area contributed by atoms with Gasteiger partial charge in [0.2, 0.25) is 0 Å². The molecule has 1 unspecified atom stereocenters. The van der Waals surface area contributed by atoms with E-state index in [-0.39, 0.29) is 5.82 Å². The molecule has 0 amide bonds. The van der Waals surface area contributed by atoms with E-state index in [4.69, 9.17) is 4.42 Å². The molecule has 102 valence electrons. The lowest BCUT2D eigenvalue weighted by Gasteiger charge is -2.17. The molecule has 3 heteroatoms. The largest absolute Gasteiger partial charge is 0.469 e. The van der Waals surface area contributed by atoms with Crippen LogP contribution in [0.4, 0.5) is 4.39 Å². The van der Waals surface area contributed by atoms with Gasteiger partial charge in [0.05, 0.1) is 6.26 Å². The summed E-state index contributed by atoms with van der Waals surface area (Å²) in [5.41, 5.74) is 2.21. The SMILES string of the molecule is CNC(CCc1ccco1)Cc1cc(F)ccc1C. The zero-order chi connectivity index (χ0) is 13.7. The van der Waals surface area contributed by atoms with Crippen molar-refractivity contribution in [3.05, 3.63) is 59.3 Å². The minimum absolute atomic E-state index is 0.165. The fourth-order valence-corrected chi connectivity index (χ4v) is 2.25. The van der Waals surface area contributed by atoms with Gasteiger partial charge in [-0.05, 0) is 62.2 Å². The van der Waals surface area contributed by atoms with Crippen LogP contribution in [0.2, 0.25) is 0 Å². The minimum Gasteiger partial charge on any atom is -0.469 e. The highest BCUT2D eigenvalue weighted by Crippen LogP contribution is 2.15. The quantitative estimate of drug-likeness (QED) is 0.861. The van der Waals surface area contributed by atoms with Gasteiger partial charge in [-0.3, -0.25) is 0 Å². The molecule has 0 aliphatic carbocycles. The molecule has 1 atom stereocenters. The van der Waals surface area contributed by atoms with E-state index >= 15 is 0 Å². The van der Waals surface area contributed by atoms with E-state index in [2.05, 4.69) is 5.32 Å². The van der Waals surface area contributed by atoms with Crippen LogP contribution in [-0.2, 0) is 12.8 Å². The Morgan fingerprint density at radius 2 is 2.16 bits per heavy atom. The maximum Gasteiger partial charge on any atom is 0.123 e. The predicted molar refractivity (Wildman–Crippen MR) is 74.7 cm³/mol. The third-order valence-electron chi connectivity index (χ3n) is 3.51. The fourth-order valence-electron chi connectivity index (χ4n) is 2.25. The van der Waals surface area contributed by atoms with Gasteiger partial charge in [-0.2, -0.15) is 0 Å². The van der Waals surface area contributed by atoms with Crippen molar-refractivity contribution in [1.82, 2.24) is 5.32 Å². The van der Waals surface area contributed by atoms with Crippen LogP contribution in [0.1, 0.15) is 23.3 Å². The molecule has 0 spiro atoms. The first-order valence-corrected chi connectivity index (χ1v) is 6.63. The van der Waals surface area contributed by atoms with Gasteiger partial charge in [-0.1, -0.05) is 6.07 Å². The summed E-state index contributed by atoms with van der Waals surface area (Å²) in [7, 11) is 1.95. The topological polar surface area (TPSA) is 25.2 Å². The number of benzene rings is 1. The summed E-state index contributed by atoms with van der Waals surface area (Å²) in [4.78, 5) is 0. The molecule has 1 N–H and O–H groups in total. The predicted octanol–water partition coefficient (Wildman–Crippen LogP) is 3.49. The van der Waals surface area contributed by atoms with E-state index in [0.717, 1.165) is 36.1 Å². The van der Waals surface area contributed by atoms with Gasteiger partial charge in [0, 0.05) is 12.5 Å². The Morgan fingerprint density at radius 1 is 1.32 bits per heavy atom. The molecule has 2 aromatic rings. The van der Waals surface area contributed by atoms with Crippen molar-refractivity contribution in [1.29, 1.82) is 0 Å². The monoisotopic (exact) mass is 261 g/mol. The van der Waals surface area contributed by atoms with E-state index in [1.807, 2.05) is 32.2 Å². The van der Waals surface area contributed by atoms with Gasteiger partial charge in [0.25, 0.3) is 0 Å². The first kappa shape index (κ1) is 13.8. The van der Waals surface area contributed by atoms with E-state index < -0.39 is 0 Å². The van der Waals surface area contributed by atoms with Gasteiger partial charge in [0.15, 0.2) is 0 Å². The van der Waals surface area contributed by atoms with Crippen molar-refractivity contribution in [2.45, 2.75) is 32.2 Å². The second kappa shape index (κ2) is 6.53. The van der Waals surface area contributed by atoms with Crippen molar-refractivity contribution in [3.63, 3.8) is 0 Å². The van der Waals surface area contributed by atoms with E-state index in [1.54, 1.807) is 12.3 Å². The molecule has 1 aromatic heterocycles. The first-order chi connectivity index (χ1) is 9.19. The molecule has 0 saturated carbocycles. The molecular weight excluding hydrogens is 241 g/mol. The third-order valence-corrected chi connectivity index (χ3v) is 3.51. The number of nitrogens with one attached hydrogen (secondary N) is 1. The molecule has 0 bridgehead atoms. The summed E-state index contributed by atoms with van der Waals surface area (Å²) in [6.07, 6.45) is 4.40. The van der Waals surface area contributed by atoms with Gasteiger partial charge in [-0.15, -0.1) is 0 Å². The Kier molecular flexibility index (Phi) is 4.74. The molecule has 19 heavy (non-hydrogen) atoms. The second-order valence-corrected chi connectivity index (χ2v) is 4.88. The molecule has 1 aromatic carbocycles. The summed E-state index contributed by atoms with van der Waals surface area (Å²) in [5.74, 6) is 0.831. The van der Waals surface area contributed by atoms with E-state index in [0.29, 0.717) is 6.04 Å².